The average molecular weight is 375 g/mol. The number of alkyl halides is 3. The van der Waals surface area contributed by atoms with Gasteiger partial charge in [0.2, 0.25) is 11.8 Å². The van der Waals surface area contributed by atoms with Crippen molar-refractivity contribution in [1.82, 2.24) is 4.90 Å². The Kier molecular flexibility index (Phi) is 5.73. The topological polar surface area (TPSA) is 62.6 Å². The van der Waals surface area contributed by atoms with E-state index in [1.807, 2.05) is 0 Å². The number of anilines is 1. The van der Waals surface area contributed by atoms with E-state index < -0.39 is 22.7 Å². The Bertz CT molecular complexity index is 760. The lowest BCUT2D eigenvalue weighted by Crippen LogP contribution is -2.36. The van der Waals surface area contributed by atoms with Gasteiger partial charge in [0.1, 0.15) is 12.3 Å². The number of nitrogens with zero attached hydrogens (tertiary/aromatic N) is 1. The number of benzene rings is 1. The van der Waals surface area contributed by atoms with E-state index >= 15 is 0 Å². The lowest BCUT2D eigenvalue weighted by atomic mass is 10.2. The molecule has 0 unspecified atom stereocenters. The molecule has 1 N–H and O–H groups in total. The molecule has 0 aliphatic carbocycles. The Balaban J connectivity index is 2.07. The lowest BCUT2D eigenvalue weighted by molar-refractivity contribution is -0.137. The van der Waals surface area contributed by atoms with Crippen LogP contribution in [-0.2, 0) is 22.3 Å². The number of amides is 2. The van der Waals surface area contributed by atoms with Crippen molar-refractivity contribution in [1.29, 1.82) is 0 Å². The van der Waals surface area contributed by atoms with Crippen molar-refractivity contribution >= 4 is 29.1 Å². The summed E-state index contributed by atoms with van der Waals surface area (Å²) in [6.07, 6.45) is -3.21. The third-order valence-electron chi connectivity index (χ3n) is 3.26. The summed E-state index contributed by atoms with van der Waals surface area (Å²) in [5.74, 6) is -0.537. The summed E-state index contributed by atoms with van der Waals surface area (Å²) in [6, 6.07) is 6.32. The number of nitrogens with one attached hydrogen (secondary N) is 1. The van der Waals surface area contributed by atoms with Crippen LogP contribution in [-0.4, -0.2) is 23.3 Å². The maximum absolute atomic E-state index is 12.8. The summed E-state index contributed by atoms with van der Waals surface area (Å²) in [5.41, 5.74) is -1.12. The largest absolute Gasteiger partial charge is 0.467 e. The van der Waals surface area contributed by atoms with Crippen LogP contribution < -0.4 is 5.32 Å². The zero-order valence-corrected chi connectivity index (χ0v) is 13.8. The van der Waals surface area contributed by atoms with Crippen molar-refractivity contribution in [3.05, 3.63) is 52.9 Å². The number of halogens is 4. The first-order chi connectivity index (χ1) is 11.7. The molecule has 0 spiro atoms. The first-order valence-corrected chi connectivity index (χ1v) is 7.49. The van der Waals surface area contributed by atoms with Gasteiger partial charge in [-0.2, -0.15) is 13.2 Å². The molecule has 0 aliphatic heterocycles. The minimum atomic E-state index is -4.64. The molecule has 1 heterocycles. The fourth-order valence-corrected chi connectivity index (χ4v) is 2.29. The Morgan fingerprint density at radius 3 is 2.56 bits per heavy atom. The number of carbonyl (C=O) groups excluding carboxylic acids is 2. The van der Waals surface area contributed by atoms with E-state index in [1.165, 1.54) is 24.2 Å². The van der Waals surface area contributed by atoms with Crippen molar-refractivity contribution in [3.63, 3.8) is 0 Å². The van der Waals surface area contributed by atoms with Crippen LogP contribution in [0.15, 0.2) is 41.0 Å². The van der Waals surface area contributed by atoms with E-state index in [9.17, 15) is 22.8 Å². The summed E-state index contributed by atoms with van der Waals surface area (Å²) in [6.45, 7) is 1.02. The summed E-state index contributed by atoms with van der Waals surface area (Å²) in [7, 11) is 0. The highest BCUT2D eigenvalue weighted by Crippen LogP contribution is 2.36. The second-order valence-electron chi connectivity index (χ2n) is 5.20. The normalized spacial score (nSPS) is 11.2. The molecule has 25 heavy (non-hydrogen) atoms. The van der Waals surface area contributed by atoms with Crippen LogP contribution >= 0.6 is 11.6 Å². The minimum absolute atomic E-state index is 0.0665. The van der Waals surface area contributed by atoms with Gasteiger partial charge in [0.25, 0.3) is 0 Å². The van der Waals surface area contributed by atoms with Gasteiger partial charge >= 0.3 is 6.18 Å². The van der Waals surface area contributed by atoms with Crippen LogP contribution in [0.1, 0.15) is 18.2 Å². The molecular weight excluding hydrogens is 361 g/mol. The molecule has 0 saturated heterocycles. The predicted octanol–water partition coefficient (Wildman–Crippen LogP) is 3.94. The molecule has 2 amide bonds. The van der Waals surface area contributed by atoms with Crippen molar-refractivity contribution in [2.75, 3.05) is 11.9 Å². The van der Waals surface area contributed by atoms with Gasteiger partial charge in [-0.15, -0.1) is 0 Å². The van der Waals surface area contributed by atoms with E-state index in [1.54, 1.807) is 12.1 Å². The van der Waals surface area contributed by atoms with Gasteiger partial charge in [-0.25, -0.2) is 0 Å². The van der Waals surface area contributed by atoms with Crippen molar-refractivity contribution in [3.8, 4) is 0 Å². The third kappa shape index (κ3) is 5.25. The third-order valence-corrected chi connectivity index (χ3v) is 3.59. The van der Waals surface area contributed by atoms with E-state index in [0.29, 0.717) is 5.76 Å². The zero-order valence-electron chi connectivity index (χ0n) is 13.1. The molecule has 0 bridgehead atoms. The van der Waals surface area contributed by atoms with Gasteiger partial charge in [-0.05, 0) is 30.3 Å². The molecule has 0 atom stereocenters. The first kappa shape index (κ1) is 18.9. The quantitative estimate of drug-likeness (QED) is 0.862. The molecule has 0 fully saturated rings. The monoisotopic (exact) mass is 374 g/mol. The van der Waals surface area contributed by atoms with Gasteiger partial charge in [0.05, 0.1) is 23.4 Å². The summed E-state index contributed by atoms with van der Waals surface area (Å²) >= 11 is 5.53. The highest BCUT2D eigenvalue weighted by molar-refractivity contribution is 6.31. The zero-order chi connectivity index (χ0) is 18.6. The highest BCUT2D eigenvalue weighted by atomic mass is 35.5. The molecule has 2 aromatic rings. The van der Waals surface area contributed by atoms with Crippen LogP contribution in [0.2, 0.25) is 5.02 Å². The summed E-state index contributed by atoms with van der Waals surface area (Å²) in [4.78, 5) is 24.9. The van der Waals surface area contributed by atoms with Crippen LogP contribution in [0.4, 0.5) is 18.9 Å². The molecule has 134 valence electrons. The second kappa shape index (κ2) is 7.60. The summed E-state index contributed by atoms with van der Waals surface area (Å²) in [5, 5.41) is 1.86. The molecule has 0 aliphatic rings. The first-order valence-electron chi connectivity index (χ1n) is 7.11. The lowest BCUT2D eigenvalue weighted by Gasteiger charge is -2.19. The number of furan rings is 1. The number of hydrogen-bond acceptors (Lipinski definition) is 3. The van der Waals surface area contributed by atoms with Gasteiger partial charge in [-0.3, -0.25) is 9.59 Å². The number of hydrogen-bond donors (Lipinski definition) is 1. The van der Waals surface area contributed by atoms with Crippen LogP contribution in [0.5, 0.6) is 0 Å². The molecule has 5 nitrogen and oxygen atoms in total. The molecule has 9 heteroatoms. The van der Waals surface area contributed by atoms with Gasteiger partial charge in [0.15, 0.2) is 0 Å². The standard InChI is InChI=1S/C16H14ClF3N2O3/c1-10(23)22(8-12-3-2-6-25-12)9-15(24)21-11-4-5-14(17)13(7-11)16(18,19)20/h2-7H,8-9H2,1H3,(H,21,24). The van der Waals surface area contributed by atoms with E-state index in [0.717, 1.165) is 12.1 Å². The van der Waals surface area contributed by atoms with Crippen LogP contribution in [0.25, 0.3) is 0 Å². The Labute approximate surface area is 146 Å². The van der Waals surface area contributed by atoms with Crippen molar-refractivity contribution in [2.24, 2.45) is 0 Å². The predicted molar refractivity (Wildman–Crippen MR) is 84.9 cm³/mol. The van der Waals surface area contributed by atoms with Crippen molar-refractivity contribution < 1.29 is 27.2 Å². The van der Waals surface area contributed by atoms with E-state index in [-0.39, 0.29) is 24.7 Å². The highest BCUT2D eigenvalue weighted by Gasteiger charge is 2.33. The molecular formula is C16H14ClF3N2O3. The minimum Gasteiger partial charge on any atom is -0.467 e. The molecule has 0 saturated carbocycles. The SMILES string of the molecule is CC(=O)N(CC(=O)Nc1ccc(Cl)c(C(F)(F)F)c1)Cc1ccco1. The smallest absolute Gasteiger partial charge is 0.417 e. The maximum atomic E-state index is 12.8. The van der Waals surface area contributed by atoms with E-state index in [2.05, 4.69) is 5.32 Å². The average Bonchev–Trinajstić information content (AvgIpc) is 3.00. The number of rotatable bonds is 5. The Morgan fingerprint density at radius 2 is 2.00 bits per heavy atom. The fourth-order valence-electron chi connectivity index (χ4n) is 2.06. The second-order valence-corrected chi connectivity index (χ2v) is 5.60. The number of carbonyl (C=O) groups is 2. The van der Waals surface area contributed by atoms with E-state index in [4.69, 9.17) is 16.0 Å². The molecule has 0 radical (unpaired) electrons. The van der Waals surface area contributed by atoms with Crippen molar-refractivity contribution in [2.45, 2.75) is 19.6 Å². The Morgan fingerprint density at radius 1 is 1.28 bits per heavy atom. The van der Waals surface area contributed by atoms with Crippen LogP contribution in [0, 0.1) is 0 Å². The molecule has 1 aromatic carbocycles. The van der Waals surface area contributed by atoms with Gasteiger partial charge < -0.3 is 14.6 Å². The molecule has 1 aromatic heterocycles. The van der Waals surface area contributed by atoms with Gasteiger partial charge in [0, 0.05) is 12.6 Å². The maximum Gasteiger partial charge on any atom is 0.417 e. The summed E-state index contributed by atoms with van der Waals surface area (Å²) < 4.78 is 43.6. The van der Waals surface area contributed by atoms with Gasteiger partial charge in [-0.1, -0.05) is 11.6 Å². The Hall–Kier alpha value is -2.48. The fraction of sp³-hybridized carbons (Fsp3) is 0.250. The van der Waals surface area contributed by atoms with Crippen LogP contribution in [0.3, 0.4) is 0 Å². The molecule has 2 rings (SSSR count).